The zero-order valence-corrected chi connectivity index (χ0v) is 15.7. The number of fused-ring (bicyclic) bond motifs is 1. The van der Waals surface area contributed by atoms with Gasteiger partial charge >= 0.3 is 0 Å². The van der Waals surface area contributed by atoms with Gasteiger partial charge < -0.3 is 9.30 Å². The van der Waals surface area contributed by atoms with E-state index in [9.17, 15) is 12.8 Å². The maximum Gasteiger partial charge on any atom is 0.238 e. The highest BCUT2D eigenvalue weighted by molar-refractivity contribution is 7.99. The van der Waals surface area contributed by atoms with Gasteiger partial charge in [-0.2, -0.15) is 0 Å². The number of nitrogens with zero attached hydrogens (tertiary/aromatic N) is 2. The molecule has 1 aromatic heterocycles. The fraction of sp³-hybridized carbons (Fsp3) is 0.235. The first-order valence-electron chi connectivity index (χ1n) is 7.85. The van der Waals surface area contributed by atoms with E-state index in [0.717, 1.165) is 22.8 Å². The SMILES string of the molecule is Cn1c(SCCCOc2ccc(F)cc2)nc2cc(S(N)(=O)=O)ccc21. The van der Waals surface area contributed by atoms with Crippen LogP contribution in [0.3, 0.4) is 0 Å². The average Bonchev–Trinajstić information content (AvgIpc) is 2.91. The normalized spacial score (nSPS) is 11.8. The number of ether oxygens (including phenoxy) is 1. The van der Waals surface area contributed by atoms with Crippen molar-refractivity contribution < 1.29 is 17.5 Å². The molecule has 0 aliphatic rings. The monoisotopic (exact) mass is 395 g/mol. The second kappa shape index (κ2) is 7.65. The summed E-state index contributed by atoms with van der Waals surface area (Å²) in [5.74, 6) is 1.12. The molecule has 2 aromatic carbocycles. The molecule has 0 spiro atoms. The molecule has 0 aliphatic carbocycles. The first kappa shape index (κ1) is 18.7. The third-order valence-electron chi connectivity index (χ3n) is 3.74. The second-order valence-electron chi connectivity index (χ2n) is 5.65. The second-order valence-corrected chi connectivity index (χ2v) is 8.28. The molecule has 1 heterocycles. The third-order valence-corrected chi connectivity index (χ3v) is 5.77. The highest BCUT2D eigenvalue weighted by atomic mass is 32.2. The summed E-state index contributed by atoms with van der Waals surface area (Å²) in [7, 11) is -1.87. The number of hydrogen-bond acceptors (Lipinski definition) is 5. The zero-order chi connectivity index (χ0) is 18.7. The number of hydrogen-bond donors (Lipinski definition) is 1. The summed E-state index contributed by atoms with van der Waals surface area (Å²) < 4.78 is 43.2. The molecule has 6 nitrogen and oxygen atoms in total. The molecular weight excluding hydrogens is 377 g/mol. The molecule has 0 bridgehead atoms. The molecule has 0 aliphatic heterocycles. The Labute approximate surface area is 155 Å². The van der Waals surface area contributed by atoms with Crippen molar-refractivity contribution in [3.63, 3.8) is 0 Å². The fourth-order valence-corrected chi connectivity index (χ4v) is 3.84. The van der Waals surface area contributed by atoms with Gasteiger partial charge in [0.15, 0.2) is 5.16 Å². The Kier molecular flexibility index (Phi) is 5.49. The maximum atomic E-state index is 12.8. The maximum absolute atomic E-state index is 12.8. The minimum Gasteiger partial charge on any atom is -0.494 e. The Bertz CT molecular complexity index is 1020. The summed E-state index contributed by atoms with van der Waals surface area (Å²) in [4.78, 5) is 4.52. The van der Waals surface area contributed by atoms with Crippen molar-refractivity contribution in [2.24, 2.45) is 12.2 Å². The average molecular weight is 395 g/mol. The number of nitrogens with two attached hydrogens (primary N) is 1. The molecule has 0 unspecified atom stereocenters. The first-order valence-corrected chi connectivity index (χ1v) is 10.4. The highest BCUT2D eigenvalue weighted by Gasteiger charge is 2.13. The Balaban J connectivity index is 1.58. The predicted octanol–water partition coefficient (Wildman–Crippen LogP) is 2.92. The minimum absolute atomic E-state index is 0.0485. The highest BCUT2D eigenvalue weighted by Crippen LogP contribution is 2.25. The van der Waals surface area contributed by atoms with E-state index >= 15 is 0 Å². The van der Waals surface area contributed by atoms with Crippen molar-refractivity contribution in [3.05, 3.63) is 48.3 Å². The standard InChI is InChI=1S/C17H18FN3O3S2/c1-21-16-8-7-14(26(19,22)23)11-15(16)20-17(21)25-10-2-9-24-13-5-3-12(18)4-6-13/h3-8,11H,2,9-10H2,1H3,(H2,19,22,23). The number of aromatic nitrogens is 2. The van der Waals surface area contributed by atoms with Gasteiger partial charge in [0.25, 0.3) is 0 Å². The lowest BCUT2D eigenvalue weighted by Gasteiger charge is -2.06. The van der Waals surface area contributed by atoms with Crippen molar-refractivity contribution in [3.8, 4) is 5.75 Å². The first-order chi connectivity index (χ1) is 12.3. The van der Waals surface area contributed by atoms with Crippen LogP contribution in [0.25, 0.3) is 11.0 Å². The van der Waals surface area contributed by atoms with E-state index in [1.54, 1.807) is 30.0 Å². The van der Waals surface area contributed by atoms with Crippen LogP contribution in [0, 0.1) is 5.82 Å². The topological polar surface area (TPSA) is 87.2 Å². The van der Waals surface area contributed by atoms with Crippen LogP contribution in [0.4, 0.5) is 4.39 Å². The number of benzene rings is 2. The molecule has 0 saturated carbocycles. The van der Waals surface area contributed by atoms with E-state index in [1.807, 2.05) is 11.6 Å². The van der Waals surface area contributed by atoms with Crippen molar-refractivity contribution in [1.82, 2.24) is 9.55 Å². The number of halogens is 1. The summed E-state index contributed by atoms with van der Waals surface area (Å²) >= 11 is 1.55. The third kappa shape index (κ3) is 4.35. The Hall–Kier alpha value is -2.10. The van der Waals surface area contributed by atoms with Crippen LogP contribution in [0.1, 0.15) is 6.42 Å². The molecule has 0 radical (unpaired) electrons. The van der Waals surface area contributed by atoms with Crippen molar-refractivity contribution in [2.45, 2.75) is 16.5 Å². The van der Waals surface area contributed by atoms with Gasteiger partial charge in [0, 0.05) is 12.8 Å². The summed E-state index contributed by atoms with van der Waals surface area (Å²) in [6, 6.07) is 10.6. The molecule has 9 heteroatoms. The summed E-state index contributed by atoms with van der Waals surface area (Å²) in [5.41, 5.74) is 1.42. The van der Waals surface area contributed by atoms with Gasteiger partial charge in [0.05, 0.1) is 22.5 Å². The molecule has 138 valence electrons. The number of thioether (sulfide) groups is 1. The van der Waals surface area contributed by atoms with Crippen LogP contribution >= 0.6 is 11.8 Å². The lowest BCUT2D eigenvalue weighted by atomic mass is 10.3. The van der Waals surface area contributed by atoms with Gasteiger partial charge in [-0.15, -0.1) is 0 Å². The van der Waals surface area contributed by atoms with Gasteiger partial charge in [0.1, 0.15) is 11.6 Å². The number of rotatable bonds is 7. The lowest BCUT2D eigenvalue weighted by Crippen LogP contribution is -2.11. The molecule has 3 aromatic rings. The molecule has 2 N–H and O–H groups in total. The Morgan fingerprint density at radius 2 is 1.96 bits per heavy atom. The van der Waals surface area contributed by atoms with Gasteiger partial charge in [-0.25, -0.2) is 22.9 Å². The van der Waals surface area contributed by atoms with Gasteiger partial charge in [-0.3, -0.25) is 0 Å². The van der Waals surface area contributed by atoms with E-state index in [1.165, 1.54) is 24.3 Å². The molecule has 0 fully saturated rings. The van der Waals surface area contributed by atoms with Crippen LogP contribution in [-0.2, 0) is 17.1 Å². The number of sulfonamides is 1. The number of aryl methyl sites for hydroxylation is 1. The van der Waals surface area contributed by atoms with Crippen LogP contribution < -0.4 is 9.88 Å². The largest absolute Gasteiger partial charge is 0.494 e. The smallest absolute Gasteiger partial charge is 0.238 e. The molecule has 3 rings (SSSR count). The number of imidazole rings is 1. The van der Waals surface area contributed by atoms with E-state index in [2.05, 4.69) is 4.98 Å². The summed E-state index contributed by atoms with van der Waals surface area (Å²) in [6.45, 7) is 0.512. The summed E-state index contributed by atoms with van der Waals surface area (Å²) in [5, 5.41) is 5.95. The predicted molar refractivity (Wildman–Crippen MR) is 99.3 cm³/mol. The van der Waals surface area contributed by atoms with E-state index < -0.39 is 10.0 Å². The van der Waals surface area contributed by atoms with Crippen LogP contribution in [-0.4, -0.2) is 30.3 Å². The fourth-order valence-electron chi connectivity index (χ4n) is 2.41. The Morgan fingerprint density at radius 1 is 1.23 bits per heavy atom. The lowest BCUT2D eigenvalue weighted by molar-refractivity contribution is 0.318. The summed E-state index contributed by atoms with van der Waals surface area (Å²) in [6.07, 6.45) is 0.785. The minimum atomic E-state index is -3.75. The van der Waals surface area contributed by atoms with E-state index in [-0.39, 0.29) is 10.7 Å². The molecule has 26 heavy (non-hydrogen) atoms. The van der Waals surface area contributed by atoms with Crippen LogP contribution in [0.15, 0.2) is 52.5 Å². The van der Waals surface area contributed by atoms with Crippen molar-refractivity contribution in [2.75, 3.05) is 12.4 Å². The Morgan fingerprint density at radius 3 is 2.65 bits per heavy atom. The zero-order valence-electron chi connectivity index (χ0n) is 14.1. The van der Waals surface area contributed by atoms with E-state index in [4.69, 9.17) is 9.88 Å². The van der Waals surface area contributed by atoms with Crippen molar-refractivity contribution in [1.29, 1.82) is 0 Å². The molecule has 0 atom stereocenters. The van der Waals surface area contributed by atoms with Crippen LogP contribution in [0.2, 0.25) is 0 Å². The van der Waals surface area contributed by atoms with Crippen LogP contribution in [0.5, 0.6) is 5.75 Å². The molecule has 0 saturated heterocycles. The molecule has 0 amide bonds. The van der Waals surface area contributed by atoms with E-state index in [0.29, 0.717) is 17.9 Å². The van der Waals surface area contributed by atoms with Gasteiger partial charge in [-0.1, -0.05) is 11.8 Å². The van der Waals surface area contributed by atoms with Crippen molar-refractivity contribution >= 4 is 32.8 Å². The molecular formula is C17H18FN3O3S2. The number of primary sulfonamides is 1. The quantitative estimate of drug-likeness (QED) is 0.491. The van der Waals surface area contributed by atoms with Gasteiger partial charge in [-0.05, 0) is 48.9 Å². The van der Waals surface area contributed by atoms with Gasteiger partial charge in [0.2, 0.25) is 10.0 Å².